The Kier molecular flexibility index (Phi) is 3.27. The highest BCUT2D eigenvalue weighted by Crippen LogP contribution is 2.36. The van der Waals surface area contributed by atoms with Crippen molar-refractivity contribution in [1.29, 1.82) is 0 Å². The minimum absolute atomic E-state index is 0.436. The summed E-state index contributed by atoms with van der Waals surface area (Å²) in [7, 11) is 0. The molecule has 1 saturated heterocycles. The molecule has 2 nitrogen and oxygen atoms in total. The van der Waals surface area contributed by atoms with Gasteiger partial charge in [-0.25, -0.2) is 0 Å². The van der Waals surface area contributed by atoms with E-state index >= 15 is 0 Å². The molecule has 1 aromatic carbocycles. The summed E-state index contributed by atoms with van der Waals surface area (Å²) >= 11 is 3.64. The van der Waals surface area contributed by atoms with Crippen molar-refractivity contribution in [3.63, 3.8) is 0 Å². The molecule has 0 atom stereocenters. The number of benzene rings is 1. The normalized spacial score (nSPS) is 19.1. The average Bonchev–Trinajstić information content (AvgIpc) is 2.58. The van der Waals surface area contributed by atoms with Crippen LogP contribution in [0.5, 0.6) is 0 Å². The molecule has 0 bridgehead atoms. The molecule has 16 heavy (non-hydrogen) atoms. The fourth-order valence-electron chi connectivity index (χ4n) is 2.25. The first-order chi connectivity index (χ1) is 7.52. The predicted octanol–water partition coefficient (Wildman–Crippen LogP) is 3.14. The van der Waals surface area contributed by atoms with Crippen molar-refractivity contribution in [2.24, 2.45) is 11.1 Å². The number of hydrogen-bond donors (Lipinski definition) is 1. The van der Waals surface area contributed by atoms with Crippen LogP contribution >= 0.6 is 15.9 Å². The van der Waals surface area contributed by atoms with Gasteiger partial charge in [-0.1, -0.05) is 19.9 Å². The van der Waals surface area contributed by atoms with Crippen LogP contribution in [0.15, 0.2) is 22.7 Å². The molecule has 88 valence electrons. The van der Waals surface area contributed by atoms with Gasteiger partial charge in [0.1, 0.15) is 0 Å². The Hall–Kier alpha value is -0.540. The lowest BCUT2D eigenvalue weighted by Gasteiger charge is -2.23. The van der Waals surface area contributed by atoms with Crippen LogP contribution in [0.3, 0.4) is 0 Å². The van der Waals surface area contributed by atoms with Crippen LogP contribution in [-0.2, 0) is 6.54 Å². The van der Waals surface area contributed by atoms with Gasteiger partial charge in [-0.2, -0.15) is 0 Å². The third-order valence-electron chi connectivity index (χ3n) is 3.27. The van der Waals surface area contributed by atoms with Crippen LogP contribution < -0.4 is 10.6 Å². The lowest BCUT2D eigenvalue weighted by atomic mass is 9.93. The van der Waals surface area contributed by atoms with E-state index in [-0.39, 0.29) is 0 Å². The summed E-state index contributed by atoms with van der Waals surface area (Å²) in [6.07, 6.45) is 1.26. The molecule has 2 rings (SSSR count). The Morgan fingerprint density at radius 2 is 2.19 bits per heavy atom. The van der Waals surface area contributed by atoms with E-state index < -0.39 is 0 Å². The number of anilines is 1. The van der Waals surface area contributed by atoms with Gasteiger partial charge in [0.25, 0.3) is 0 Å². The van der Waals surface area contributed by atoms with E-state index in [9.17, 15) is 0 Å². The van der Waals surface area contributed by atoms with Crippen LogP contribution in [-0.4, -0.2) is 13.1 Å². The van der Waals surface area contributed by atoms with E-state index in [1.165, 1.54) is 17.7 Å². The third kappa shape index (κ3) is 2.41. The summed E-state index contributed by atoms with van der Waals surface area (Å²) in [4.78, 5) is 2.45. The topological polar surface area (TPSA) is 29.3 Å². The van der Waals surface area contributed by atoms with Gasteiger partial charge in [-0.15, -0.1) is 0 Å². The van der Waals surface area contributed by atoms with Gasteiger partial charge in [0.2, 0.25) is 0 Å². The Morgan fingerprint density at radius 1 is 1.44 bits per heavy atom. The van der Waals surface area contributed by atoms with Crippen molar-refractivity contribution < 1.29 is 0 Å². The van der Waals surface area contributed by atoms with Crippen LogP contribution in [0.2, 0.25) is 0 Å². The van der Waals surface area contributed by atoms with Crippen molar-refractivity contribution in [3.05, 3.63) is 28.2 Å². The van der Waals surface area contributed by atoms with Crippen LogP contribution in [0, 0.1) is 5.41 Å². The number of hydrogen-bond acceptors (Lipinski definition) is 2. The smallest absolute Gasteiger partial charge is 0.0511 e. The van der Waals surface area contributed by atoms with E-state index in [0.29, 0.717) is 12.0 Å². The van der Waals surface area contributed by atoms with Crippen molar-refractivity contribution in [2.45, 2.75) is 26.8 Å². The van der Waals surface area contributed by atoms with Gasteiger partial charge in [0.05, 0.1) is 5.69 Å². The molecule has 0 spiro atoms. The second-order valence-corrected chi connectivity index (χ2v) is 6.18. The SMILES string of the molecule is CC1(C)CCN(c2ccc(CN)cc2Br)C1. The Bertz CT molecular complexity index is 388. The van der Waals surface area contributed by atoms with E-state index in [0.717, 1.165) is 17.6 Å². The highest BCUT2D eigenvalue weighted by Gasteiger charge is 2.29. The fraction of sp³-hybridized carbons (Fsp3) is 0.538. The molecule has 1 aromatic rings. The second kappa shape index (κ2) is 4.38. The molecule has 3 heteroatoms. The summed E-state index contributed by atoms with van der Waals surface area (Å²) in [6.45, 7) is 7.54. The standard InChI is InChI=1S/C13H19BrN2/c1-13(2)5-6-16(9-13)12-4-3-10(8-15)7-11(12)14/h3-4,7H,5-6,8-9,15H2,1-2H3. The van der Waals surface area contributed by atoms with E-state index in [1.54, 1.807) is 0 Å². The minimum Gasteiger partial charge on any atom is -0.370 e. The number of nitrogens with two attached hydrogens (primary N) is 1. The first kappa shape index (κ1) is 11.9. The van der Waals surface area contributed by atoms with Crippen molar-refractivity contribution in [2.75, 3.05) is 18.0 Å². The molecule has 0 radical (unpaired) electrons. The van der Waals surface area contributed by atoms with Crippen molar-refractivity contribution >= 4 is 21.6 Å². The molecule has 0 saturated carbocycles. The zero-order valence-corrected chi connectivity index (χ0v) is 11.5. The summed E-state index contributed by atoms with van der Waals surface area (Å²) in [5.41, 5.74) is 8.54. The quantitative estimate of drug-likeness (QED) is 0.903. The zero-order valence-electron chi connectivity index (χ0n) is 9.96. The molecular formula is C13H19BrN2. The van der Waals surface area contributed by atoms with E-state index in [4.69, 9.17) is 5.73 Å². The Labute approximate surface area is 106 Å². The molecule has 1 aliphatic rings. The van der Waals surface area contributed by atoms with Gasteiger partial charge in [-0.3, -0.25) is 0 Å². The molecular weight excluding hydrogens is 264 g/mol. The molecule has 0 aliphatic carbocycles. The van der Waals surface area contributed by atoms with Gasteiger partial charge in [-0.05, 0) is 45.5 Å². The lowest BCUT2D eigenvalue weighted by molar-refractivity contribution is 0.418. The van der Waals surface area contributed by atoms with Gasteiger partial charge >= 0.3 is 0 Å². The largest absolute Gasteiger partial charge is 0.370 e. The molecule has 1 fully saturated rings. The lowest BCUT2D eigenvalue weighted by Crippen LogP contribution is -2.23. The molecule has 2 N–H and O–H groups in total. The number of nitrogens with zero attached hydrogens (tertiary/aromatic N) is 1. The van der Waals surface area contributed by atoms with Crippen molar-refractivity contribution in [3.8, 4) is 0 Å². The Morgan fingerprint density at radius 3 is 2.69 bits per heavy atom. The summed E-state index contributed by atoms with van der Waals surface area (Å²) in [6, 6.07) is 6.42. The molecule has 0 aromatic heterocycles. The van der Waals surface area contributed by atoms with E-state index in [1.807, 2.05) is 0 Å². The zero-order chi connectivity index (χ0) is 11.8. The van der Waals surface area contributed by atoms with Crippen molar-refractivity contribution in [1.82, 2.24) is 0 Å². The predicted molar refractivity (Wildman–Crippen MR) is 72.6 cm³/mol. The summed E-state index contributed by atoms with van der Waals surface area (Å²) < 4.78 is 1.16. The first-order valence-corrected chi connectivity index (χ1v) is 6.54. The first-order valence-electron chi connectivity index (χ1n) is 5.75. The molecule has 1 heterocycles. The van der Waals surface area contributed by atoms with Crippen LogP contribution in [0.1, 0.15) is 25.8 Å². The number of halogens is 1. The maximum Gasteiger partial charge on any atom is 0.0511 e. The van der Waals surface area contributed by atoms with Gasteiger partial charge in [0, 0.05) is 24.1 Å². The second-order valence-electron chi connectivity index (χ2n) is 5.33. The number of rotatable bonds is 2. The third-order valence-corrected chi connectivity index (χ3v) is 3.90. The highest BCUT2D eigenvalue weighted by molar-refractivity contribution is 9.10. The highest BCUT2D eigenvalue weighted by atomic mass is 79.9. The van der Waals surface area contributed by atoms with Gasteiger partial charge < -0.3 is 10.6 Å². The molecule has 0 amide bonds. The minimum atomic E-state index is 0.436. The average molecular weight is 283 g/mol. The Balaban J connectivity index is 2.22. The molecule has 0 unspecified atom stereocenters. The van der Waals surface area contributed by atoms with E-state index in [2.05, 4.69) is 52.9 Å². The summed E-state index contributed by atoms with van der Waals surface area (Å²) in [5, 5.41) is 0. The molecule has 1 aliphatic heterocycles. The monoisotopic (exact) mass is 282 g/mol. The van der Waals surface area contributed by atoms with Gasteiger partial charge in [0.15, 0.2) is 0 Å². The maximum atomic E-state index is 5.63. The fourth-order valence-corrected chi connectivity index (χ4v) is 2.93. The maximum absolute atomic E-state index is 5.63. The van der Waals surface area contributed by atoms with Crippen LogP contribution in [0.4, 0.5) is 5.69 Å². The van der Waals surface area contributed by atoms with Crippen LogP contribution in [0.25, 0.3) is 0 Å². The summed E-state index contributed by atoms with van der Waals surface area (Å²) in [5.74, 6) is 0.